The summed E-state index contributed by atoms with van der Waals surface area (Å²) in [4.78, 5) is 29.6. The lowest BCUT2D eigenvalue weighted by atomic mass is 10.1. The van der Waals surface area contributed by atoms with Gasteiger partial charge in [0.05, 0.1) is 24.5 Å². The molecule has 9 nitrogen and oxygen atoms in total. The van der Waals surface area contributed by atoms with Crippen LogP contribution in [0.25, 0.3) is 0 Å². The number of hydrogen-bond acceptors (Lipinski definition) is 7. The van der Waals surface area contributed by atoms with Crippen molar-refractivity contribution in [3.63, 3.8) is 0 Å². The summed E-state index contributed by atoms with van der Waals surface area (Å²) in [6.45, 7) is 8.27. The zero-order valence-corrected chi connectivity index (χ0v) is 25.1. The van der Waals surface area contributed by atoms with E-state index in [1.165, 1.54) is 34.1 Å². The molecule has 1 N–H and O–H groups in total. The highest BCUT2D eigenvalue weighted by Crippen LogP contribution is 2.33. The van der Waals surface area contributed by atoms with Crippen molar-refractivity contribution >= 4 is 34.9 Å². The van der Waals surface area contributed by atoms with E-state index < -0.39 is 35.5 Å². The van der Waals surface area contributed by atoms with Crippen LogP contribution < -0.4 is 24.9 Å². The molecule has 4 aliphatic rings. The van der Waals surface area contributed by atoms with Gasteiger partial charge in [-0.3, -0.25) is 9.80 Å². The van der Waals surface area contributed by atoms with Crippen molar-refractivity contribution in [1.82, 2.24) is 5.32 Å². The molecule has 0 spiro atoms. The second kappa shape index (κ2) is 13.9. The Kier molecular flexibility index (Phi) is 10.0. The molecule has 240 valence electrons. The second-order valence-electron chi connectivity index (χ2n) is 11.4. The summed E-state index contributed by atoms with van der Waals surface area (Å²) in [7, 11) is 0. The fourth-order valence-corrected chi connectivity index (χ4v) is 5.92. The van der Waals surface area contributed by atoms with Crippen LogP contribution in [0, 0.1) is 23.3 Å². The number of hydrogen-bond donors (Lipinski definition) is 1. The van der Waals surface area contributed by atoms with E-state index in [1.54, 1.807) is 9.80 Å². The molecule has 0 bridgehead atoms. The Morgan fingerprint density at radius 3 is 1.41 bits per heavy atom. The van der Waals surface area contributed by atoms with E-state index in [0.717, 1.165) is 19.3 Å². The van der Waals surface area contributed by atoms with Crippen LogP contribution in [0.4, 0.5) is 49.9 Å². The van der Waals surface area contributed by atoms with Crippen LogP contribution in [-0.4, -0.2) is 76.8 Å². The minimum Gasteiger partial charge on any atom is -0.444 e. The Labute approximate surface area is 254 Å². The highest BCUT2D eigenvalue weighted by atomic mass is 19.1. The van der Waals surface area contributed by atoms with Gasteiger partial charge in [0.25, 0.3) is 0 Å². The Morgan fingerprint density at radius 1 is 0.659 bits per heavy atom. The lowest BCUT2D eigenvalue weighted by Gasteiger charge is -2.30. The first kappa shape index (κ1) is 31.7. The Balaban J connectivity index is 0.000000175. The molecule has 0 radical (unpaired) electrons. The molecular formula is C31H39F4N5O4. The number of amides is 2. The molecule has 4 aliphatic heterocycles. The van der Waals surface area contributed by atoms with E-state index in [4.69, 9.17) is 9.47 Å². The topological polar surface area (TPSA) is 77.6 Å². The lowest BCUT2D eigenvalue weighted by Crippen LogP contribution is -2.44. The summed E-state index contributed by atoms with van der Waals surface area (Å²) in [5.74, 6) is -2.54. The van der Waals surface area contributed by atoms with Gasteiger partial charge in [0.1, 0.15) is 23.6 Å². The highest BCUT2D eigenvalue weighted by Gasteiger charge is 2.34. The number of rotatable bonds is 6. The maximum atomic E-state index is 14.4. The molecule has 0 saturated carbocycles. The van der Waals surface area contributed by atoms with Crippen LogP contribution >= 0.6 is 0 Å². The summed E-state index contributed by atoms with van der Waals surface area (Å²) in [5.41, 5.74) is 0.416. The molecule has 2 aromatic carbocycles. The van der Waals surface area contributed by atoms with E-state index in [9.17, 15) is 27.2 Å². The van der Waals surface area contributed by atoms with Crippen molar-refractivity contribution in [3.05, 3.63) is 47.5 Å². The normalized spacial score (nSPS) is 22.1. The third-order valence-corrected chi connectivity index (χ3v) is 8.39. The van der Waals surface area contributed by atoms with Gasteiger partial charge in [0.2, 0.25) is 0 Å². The number of nitrogens with zero attached hydrogens (tertiary/aromatic N) is 4. The second-order valence-corrected chi connectivity index (χ2v) is 11.4. The van der Waals surface area contributed by atoms with Crippen LogP contribution in [0.2, 0.25) is 0 Å². The number of anilines is 4. The number of piperazine rings is 1. The van der Waals surface area contributed by atoms with Crippen molar-refractivity contribution in [2.45, 2.75) is 58.2 Å². The molecule has 4 heterocycles. The van der Waals surface area contributed by atoms with Gasteiger partial charge in [-0.2, -0.15) is 0 Å². The van der Waals surface area contributed by atoms with Crippen molar-refractivity contribution in [2.24, 2.45) is 0 Å². The van der Waals surface area contributed by atoms with E-state index in [2.05, 4.69) is 5.32 Å². The van der Waals surface area contributed by atoms with Crippen LogP contribution in [0.5, 0.6) is 0 Å². The molecule has 13 heteroatoms. The highest BCUT2D eigenvalue weighted by molar-refractivity contribution is 5.90. The molecule has 0 unspecified atom stereocenters. The summed E-state index contributed by atoms with van der Waals surface area (Å²) in [6.07, 6.45) is 2.78. The van der Waals surface area contributed by atoms with E-state index in [1.807, 2.05) is 13.8 Å². The molecular weight excluding hydrogens is 582 g/mol. The van der Waals surface area contributed by atoms with Gasteiger partial charge in [0.15, 0.2) is 23.3 Å². The molecule has 0 aliphatic carbocycles. The van der Waals surface area contributed by atoms with Crippen molar-refractivity contribution in [1.29, 1.82) is 0 Å². The Morgan fingerprint density at radius 2 is 1.05 bits per heavy atom. The van der Waals surface area contributed by atoms with Gasteiger partial charge in [0, 0.05) is 63.5 Å². The number of halogens is 4. The van der Waals surface area contributed by atoms with E-state index >= 15 is 0 Å². The van der Waals surface area contributed by atoms with Crippen LogP contribution in [0.3, 0.4) is 0 Å². The van der Waals surface area contributed by atoms with Gasteiger partial charge in [-0.15, -0.1) is 0 Å². The predicted octanol–water partition coefficient (Wildman–Crippen LogP) is 5.80. The number of carbonyl (C=O) groups is 2. The summed E-state index contributed by atoms with van der Waals surface area (Å²) in [6, 6.07) is 4.87. The summed E-state index contributed by atoms with van der Waals surface area (Å²) in [5, 5.41) is 3.14. The molecule has 44 heavy (non-hydrogen) atoms. The molecule has 2 atom stereocenters. The first-order chi connectivity index (χ1) is 21.2. The molecule has 0 aromatic heterocycles. The maximum absolute atomic E-state index is 14.4. The SMILES string of the molecule is CC[C@H]1CN(c2cc(F)c(N3CCCCC3)c(F)c2)C(=O)O1.CC[C@H]1CN(c2cc(F)c(N3CCNCC3)c(F)c2)C(=O)O1. The number of piperidine rings is 1. The average Bonchev–Trinajstić information content (AvgIpc) is 3.59. The maximum Gasteiger partial charge on any atom is 0.414 e. The van der Waals surface area contributed by atoms with Gasteiger partial charge < -0.3 is 24.6 Å². The number of benzene rings is 2. The average molecular weight is 622 g/mol. The van der Waals surface area contributed by atoms with Gasteiger partial charge in [-0.25, -0.2) is 27.2 Å². The summed E-state index contributed by atoms with van der Waals surface area (Å²) >= 11 is 0. The molecule has 4 saturated heterocycles. The molecule has 4 fully saturated rings. The van der Waals surface area contributed by atoms with E-state index in [0.29, 0.717) is 65.2 Å². The predicted molar refractivity (Wildman–Crippen MR) is 160 cm³/mol. The van der Waals surface area contributed by atoms with Gasteiger partial charge in [-0.1, -0.05) is 13.8 Å². The van der Waals surface area contributed by atoms with Gasteiger partial charge >= 0.3 is 12.2 Å². The van der Waals surface area contributed by atoms with Crippen molar-refractivity contribution < 1.29 is 36.6 Å². The Hall–Kier alpha value is -3.74. The molecule has 2 aromatic rings. The van der Waals surface area contributed by atoms with Crippen molar-refractivity contribution in [3.8, 4) is 0 Å². The zero-order valence-electron chi connectivity index (χ0n) is 25.1. The van der Waals surface area contributed by atoms with Crippen molar-refractivity contribution in [2.75, 3.05) is 72.0 Å². The summed E-state index contributed by atoms with van der Waals surface area (Å²) < 4.78 is 67.8. The minimum atomic E-state index is -0.648. The lowest BCUT2D eigenvalue weighted by molar-refractivity contribution is 0.138. The number of carbonyl (C=O) groups excluding carboxylic acids is 2. The quantitative estimate of drug-likeness (QED) is 0.409. The number of nitrogens with one attached hydrogen (secondary N) is 1. The van der Waals surface area contributed by atoms with Gasteiger partial charge in [-0.05, 0) is 32.1 Å². The fraction of sp³-hybridized carbons (Fsp3) is 0.548. The Bertz CT molecular complexity index is 1200. The van der Waals surface area contributed by atoms with Crippen LogP contribution in [-0.2, 0) is 9.47 Å². The van der Waals surface area contributed by atoms with E-state index in [-0.39, 0.29) is 35.0 Å². The smallest absolute Gasteiger partial charge is 0.414 e. The third-order valence-electron chi connectivity index (χ3n) is 8.39. The fourth-order valence-electron chi connectivity index (χ4n) is 5.92. The molecule has 2 amide bonds. The minimum absolute atomic E-state index is 0.0167. The molecule has 6 rings (SSSR count). The largest absolute Gasteiger partial charge is 0.444 e. The standard InChI is InChI=1S/C16H20F2N2O2.C15H19F2N3O2/c1-2-12-10-20(16(21)22-12)11-8-13(17)15(14(18)9-11)19-6-4-3-5-7-19;1-2-11-9-20(15(21)22-11)10-7-12(16)14(13(17)8-10)19-5-3-18-4-6-19/h8-9,12H,2-7,10H2,1H3;7-8,11,18H,2-6,9H2,1H3/t12-;11-/m00/s1. The first-order valence-corrected chi connectivity index (χ1v) is 15.3. The number of cyclic esters (lactones) is 2. The third kappa shape index (κ3) is 6.82. The monoisotopic (exact) mass is 621 g/mol. The zero-order chi connectivity index (χ0) is 31.4. The first-order valence-electron chi connectivity index (χ1n) is 15.3. The van der Waals surface area contributed by atoms with Crippen LogP contribution in [0.15, 0.2) is 24.3 Å². The number of ether oxygens (including phenoxy) is 2. The van der Waals surface area contributed by atoms with Crippen LogP contribution in [0.1, 0.15) is 46.0 Å².